The zero-order valence-electron chi connectivity index (χ0n) is 15.7. The fourth-order valence-electron chi connectivity index (χ4n) is 3.86. The summed E-state index contributed by atoms with van der Waals surface area (Å²) in [7, 11) is 1.51. The molecule has 152 valence electrons. The number of carbonyl (C=O) groups is 1. The number of anilines is 1. The molecule has 4 rings (SSSR count). The molecule has 2 amide bonds. The maximum absolute atomic E-state index is 14.1. The molecule has 0 saturated heterocycles. The first-order valence-corrected chi connectivity index (χ1v) is 9.26. The SMILES string of the molecule is COc1ccc(NC(=O)N2CCCc3c([nH]c4ccccc34)C2C(F)(F)F)cc1. The van der Waals surface area contributed by atoms with E-state index in [0.717, 1.165) is 10.3 Å². The van der Waals surface area contributed by atoms with E-state index in [1.54, 1.807) is 42.5 Å². The van der Waals surface area contributed by atoms with E-state index in [-0.39, 0.29) is 12.2 Å². The number of urea groups is 1. The van der Waals surface area contributed by atoms with Gasteiger partial charge in [-0.2, -0.15) is 13.2 Å². The van der Waals surface area contributed by atoms with E-state index in [1.807, 2.05) is 6.07 Å². The summed E-state index contributed by atoms with van der Waals surface area (Å²) in [5.41, 5.74) is 1.71. The minimum Gasteiger partial charge on any atom is -0.497 e. The molecule has 0 radical (unpaired) electrons. The van der Waals surface area contributed by atoms with E-state index in [2.05, 4.69) is 10.3 Å². The molecule has 3 aromatic rings. The van der Waals surface area contributed by atoms with Crippen LogP contribution in [-0.4, -0.2) is 35.7 Å². The highest BCUT2D eigenvalue weighted by atomic mass is 19.4. The van der Waals surface area contributed by atoms with Gasteiger partial charge in [0, 0.05) is 23.1 Å². The van der Waals surface area contributed by atoms with Crippen LogP contribution in [0.15, 0.2) is 48.5 Å². The van der Waals surface area contributed by atoms with Crippen molar-refractivity contribution in [2.75, 3.05) is 19.0 Å². The number of carbonyl (C=O) groups excluding carboxylic acids is 1. The summed E-state index contributed by atoms with van der Waals surface area (Å²) in [6, 6.07) is 10.8. The molecule has 1 unspecified atom stereocenters. The molecule has 1 aliphatic heterocycles. The number of nitrogens with zero attached hydrogens (tertiary/aromatic N) is 1. The summed E-state index contributed by atoms with van der Waals surface area (Å²) < 4.78 is 47.4. The highest BCUT2D eigenvalue weighted by Crippen LogP contribution is 2.43. The van der Waals surface area contributed by atoms with Crippen molar-refractivity contribution in [3.8, 4) is 5.75 Å². The molecule has 0 fully saturated rings. The number of hydrogen-bond donors (Lipinski definition) is 2. The number of aromatic nitrogens is 1. The lowest BCUT2D eigenvalue weighted by Crippen LogP contribution is -2.44. The molecule has 29 heavy (non-hydrogen) atoms. The quantitative estimate of drug-likeness (QED) is 0.613. The summed E-state index contributed by atoms with van der Waals surface area (Å²) in [4.78, 5) is 16.6. The lowest BCUT2D eigenvalue weighted by molar-refractivity contribution is -0.178. The van der Waals surface area contributed by atoms with Gasteiger partial charge in [-0.1, -0.05) is 18.2 Å². The van der Waals surface area contributed by atoms with E-state index in [0.29, 0.717) is 35.4 Å². The molecule has 1 atom stereocenters. The Bertz CT molecular complexity index is 1030. The topological polar surface area (TPSA) is 57.4 Å². The number of H-pyrrole nitrogens is 1. The van der Waals surface area contributed by atoms with Crippen molar-refractivity contribution in [3.63, 3.8) is 0 Å². The fraction of sp³-hybridized carbons (Fsp3) is 0.286. The van der Waals surface area contributed by atoms with Gasteiger partial charge in [-0.05, 0) is 48.7 Å². The van der Waals surface area contributed by atoms with Gasteiger partial charge in [0.15, 0.2) is 6.04 Å². The van der Waals surface area contributed by atoms with Gasteiger partial charge in [-0.3, -0.25) is 0 Å². The molecule has 0 bridgehead atoms. The van der Waals surface area contributed by atoms with E-state index in [9.17, 15) is 18.0 Å². The number of fused-ring (bicyclic) bond motifs is 3. The first-order chi connectivity index (χ1) is 13.9. The molecular formula is C21H20F3N3O2. The van der Waals surface area contributed by atoms with Crippen molar-refractivity contribution in [2.24, 2.45) is 0 Å². The van der Waals surface area contributed by atoms with Gasteiger partial charge in [-0.25, -0.2) is 4.79 Å². The Hall–Kier alpha value is -3.16. The third-order valence-corrected chi connectivity index (χ3v) is 5.17. The van der Waals surface area contributed by atoms with Crippen molar-refractivity contribution in [1.82, 2.24) is 9.88 Å². The van der Waals surface area contributed by atoms with Crippen LogP contribution in [0.4, 0.5) is 23.7 Å². The van der Waals surface area contributed by atoms with Crippen LogP contribution in [-0.2, 0) is 6.42 Å². The normalized spacial score (nSPS) is 17.0. The molecule has 0 spiro atoms. The number of nitrogens with one attached hydrogen (secondary N) is 2. The van der Waals surface area contributed by atoms with Crippen molar-refractivity contribution in [2.45, 2.75) is 25.1 Å². The van der Waals surface area contributed by atoms with Crippen LogP contribution >= 0.6 is 0 Å². The number of aryl methyl sites for hydroxylation is 1. The largest absolute Gasteiger partial charge is 0.497 e. The minimum absolute atomic E-state index is 0.00299. The van der Waals surface area contributed by atoms with E-state index < -0.39 is 18.2 Å². The standard InChI is InChI=1S/C21H20F3N3O2/c1-29-14-10-8-13(9-11-14)25-20(28)27-12-4-6-16-15-5-2-3-7-17(15)26-18(16)19(27)21(22,23)24/h2-3,5,7-11,19,26H,4,6,12H2,1H3,(H,25,28). The molecular weight excluding hydrogens is 383 g/mol. The molecule has 0 aliphatic carbocycles. The Balaban J connectivity index is 1.70. The van der Waals surface area contributed by atoms with Crippen LogP contribution in [0.25, 0.3) is 10.9 Å². The van der Waals surface area contributed by atoms with Crippen LogP contribution in [0.2, 0.25) is 0 Å². The van der Waals surface area contributed by atoms with Crippen molar-refractivity contribution in [3.05, 3.63) is 59.8 Å². The third-order valence-electron chi connectivity index (χ3n) is 5.17. The lowest BCUT2D eigenvalue weighted by atomic mass is 10.0. The Morgan fingerprint density at radius 1 is 1.17 bits per heavy atom. The highest BCUT2D eigenvalue weighted by molar-refractivity contribution is 5.90. The first-order valence-electron chi connectivity index (χ1n) is 9.26. The van der Waals surface area contributed by atoms with Crippen molar-refractivity contribution < 1.29 is 22.7 Å². The van der Waals surface area contributed by atoms with Gasteiger partial charge in [0.1, 0.15) is 5.75 Å². The highest BCUT2D eigenvalue weighted by Gasteiger charge is 2.49. The number of methoxy groups -OCH3 is 1. The Morgan fingerprint density at radius 2 is 1.90 bits per heavy atom. The van der Waals surface area contributed by atoms with Gasteiger partial charge in [-0.15, -0.1) is 0 Å². The molecule has 0 saturated carbocycles. The number of halogens is 3. The van der Waals surface area contributed by atoms with E-state index in [4.69, 9.17) is 4.74 Å². The van der Waals surface area contributed by atoms with Gasteiger partial charge >= 0.3 is 12.2 Å². The van der Waals surface area contributed by atoms with Crippen molar-refractivity contribution >= 4 is 22.6 Å². The zero-order valence-corrected chi connectivity index (χ0v) is 15.7. The van der Waals surface area contributed by atoms with Crippen LogP contribution in [0.1, 0.15) is 23.7 Å². The second-order valence-corrected chi connectivity index (χ2v) is 6.96. The first kappa shape index (κ1) is 19.2. The zero-order chi connectivity index (χ0) is 20.6. The number of benzene rings is 2. The Morgan fingerprint density at radius 3 is 2.59 bits per heavy atom. The summed E-state index contributed by atoms with van der Waals surface area (Å²) in [6.45, 7) is 0.00299. The number of aromatic amines is 1. The molecule has 1 aliphatic rings. The molecule has 5 nitrogen and oxygen atoms in total. The van der Waals surface area contributed by atoms with Gasteiger partial charge in [0.25, 0.3) is 0 Å². The number of para-hydroxylation sites is 1. The summed E-state index contributed by atoms with van der Waals surface area (Å²) in [5, 5.41) is 3.35. The number of amides is 2. The molecule has 8 heteroatoms. The third kappa shape index (κ3) is 3.62. The maximum atomic E-state index is 14.1. The molecule has 2 N–H and O–H groups in total. The van der Waals surface area contributed by atoms with Crippen molar-refractivity contribution in [1.29, 1.82) is 0 Å². The Labute approximate surface area is 165 Å². The smallest absolute Gasteiger partial charge is 0.414 e. The maximum Gasteiger partial charge on any atom is 0.414 e. The lowest BCUT2D eigenvalue weighted by Gasteiger charge is -2.31. The predicted octanol–water partition coefficient (Wildman–Crippen LogP) is 5.26. The van der Waals surface area contributed by atoms with Crippen LogP contribution in [0.5, 0.6) is 5.75 Å². The van der Waals surface area contributed by atoms with Crippen LogP contribution < -0.4 is 10.1 Å². The minimum atomic E-state index is -4.61. The van der Waals surface area contributed by atoms with Gasteiger partial charge in [0.05, 0.1) is 12.8 Å². The molecule has 1 aromatic heterocycles. The molecule has 2 aromatic carbocycles. The number of alkyl halides is 3. The Kier molecular flexibility index (Phi) is 4.86. The monoisotopic (exact) mass is 403 g/mol. The second kappa shape index (κ2) is 7.35. The summed E-state index contributed by atoms with van der Waals surface area (Å²) in [5.74, 6) is 0.591. The van der Waals surface area contributed by atoms with Gasteiger partial charge < -0.3 is 19.9 Å². The molecule has 2 heterocycles. The van der Waals surface area contributed by atoms with Crippen LogP contribution in [0.3, 0.4) is 0 Å². The summed E-state index contributed by atoms with van der Waals surface area (Å²) in [6.07, 6.45) is -3.70. The number of rotatable bonds is 2. The average Bonchev–Trinajstić information content (AvgIpc) is 2.92. The number of ether oxygens (including phenoxy) is 1. The summed E-state index contributed by atoms with van der Waals surface area (Å²) >= 11 is 0. The number of hydrogen-bond acceptors (Lipinski definition) is 2. The second-order valence-electron chi connectivity index (χ2n) is 6.96. The predicted molar refractivity (Wildman–Crippen MR) is 104 cm³/mol. The average molecular weight is 403 g/mol. The van der Waals surface area contributed by atoms with E-state index >= 15 is 0 Å². The van der Waals surface area contributed by atoms with E-state index in [1.165, 1.54) is 7.11 Å². The van der Waals surface area contributed by atoms with Crippen LogP contribution in [0, 0.1) is 0 Å². The van der Waals surface area contributed by atoms with Gasteiger partial charge in [0.2, 0.25) is 0 Å². The fourth-order valence-corrected chi connectivity index (χ4v) is 3.86.